The van der Waals surface area contributed by atoms with Gasteiger partial charge in [0, 0.05) is 11.3 Å². The van der Waals surface area contributed by atoms with Crippen LogP contribution in [0.25, 0.3) is 6.08 Å². The Morgan fingerprint density at radius 2 is 1.81 bits per heavy atom. The van der Waals surface area contributed by atoms with Crippen LogP contribution < -0.4 is 14.8 Å². The summed E-state index contributed by atoms with van der Waals surface area (Å²) in [5.41, 5.74) is 2.40. The number of benzene rings is 3. The molecule has 158 valence electrons. The van der Waals surface area contributed by atoms with Crippen LogP contribution >= 0.6 is 15.9 Å². The number of nitriles is 2. The third-order valence-corrected chi connectivity index (χ3v) is 5.06. The lowest BCUT2D eigenvalue weighted by Crippen LogP contribution is -2.13. The summed E-state index contributed by atoms with van der Waals surface area (Å²) < 4.78 is 11.9. The highest BCUT2D eigenvalue weighted by Crippen LogP contribution is 2.38. The third-order valence-electron chi connectivity index (χ3n) is 4.47. The summed E-state index contributed by atoms with van der Waals surface area (Å²) in [7, 11) is 1.50. The maximum Gasteiger partial charge on any atom is 0.266 e. The number of carbonyl (C=O) groups excluding carboxylic acids is 1. The van der Waals surface area contributed by atoms with Crippen LogP contribution in [0.1, 0.15) is 16.7 Å². The zero-order chi connectivity index (χ0) is 22.9. The molecule has 0 unspecified atom stereocenters. The van der Waals surface area contributed by atoms with Crippen LogP contribution in [0.5, 0.6) is 11.5 Å². The molecule has 0 atom stereocenters. The smallest absolute Gasteiger partial charge is 0.266 e. The molecule has 0 saturated heterocycles. The monoisotopic (exact) mass is 487 g/mol. The molecule has 0 aliphatic rings. The number of anilines is 1. The highest BCUT2D eigenvalue weighted by molar-refractivity contribution is 9.10. The van der Waals surface area contributed by atoms with Crippen molar-refractivity contribution in [1.82, 2.24) is 0 Å². The second kappa shape index (κ2) is 10.8. The highest BCUT2D eigenvalue weighted by Gasteiger charge is 2.15. The molecular weight excluding hydrogens is 470 g/mol. The van der Waals surface area contributed by atoms with E-state index >= 15 is 0 Å². The van der Waals surface area contributed by atoms with E-state index in [0.717, 1.165) is 5.56 Å². The van der Waals surface area contributed by atoms with Crippen molar-refractivity contribution in [2.24, 2.45) is 0 Å². The first-order valence-corrected chi connectivity index (χ1v) is 10.3. The zero-order valence-electron chi connectivity index (χ0n) is 17.1. The van der Waals surface area contributed by atoms with Crippen molar-refractivity contribution < 1.29 is 14.3 Å². The normalized spacial score (nSPS) is 10.6. The van der Waals surface area contributed by atoms with E-state index in [0.29, 0.717) is 32.8 Å². The summed E-state index contributed by atoms with van der Waals surface area (Å²) in [6.07, 6.45) is 1.47. The van der Waals surface area contributed by atoms with Gasteiger partial charge in [-0.05, 0) is 57.9 Å². The molecule has 7 heteroatoms. The number of hydrogen-bond acceptors (Lipinski definition) is 5. The number of nitrogens with zero attached hydrogens (tertiary/aromatic N) is 2. The SMILES string of the molecule is COc1cc(/C=C(/C#N)C(=O)Nc2ccccc2)cc(Br)c1OCc1ccccc1C#N. The fourth-order valence-corrected chi connectivity index (χ4v) is 3.48. The van der Waals surface area contributed by atoms with Crippen molar-refractivity contribution in [3.05, 3.63) is 93.5 Å². The van der Waals surface area contributed by atoms with Gasteiger partial charge in [-0.2, -0.15) is 10.5 Å². The van der Waals surface area contributed by atoms with Crippen LogP contribution in [0, 0.1) is 22.7 Å². The van der Waals surface area contributed by atoms with Gasteiger partial charge in [-0.25, -0.2) is 0 Å². The number of amides is 1. The molecule has 0 radical (unpaired) electrons. The van der Waals surface area contributed by atoms with Crippen LogP contribution in [0.2, 0.25) is 0 Å². The molecule has 1 N–H and O–H groups in total. The number of rotatable bonds is 7. The maximum absolute atomic E-state index is 12.5. The number of para-hydroxylation sites is 1. The van der Waals surface area contributed by atoms with Gasteiger partial charge in [-0.3, -0.25) is 4.79 Å². The first kappa shape index (κ1) is 22.6. The maximum atomic E-state index is 12.5. The molecule has 0 aliphatic carbocycles. The van der Waals surface area contributed by atoms with Crippen molar-refractivity contribution in [1.29, 1.82) is 10.5 Å². The molecule has 0 bridgehead atoms. The molecule has 3 rings (SSSR count). The zero-order valence-corrected chi connectivity index (χ0v) is 18.7. The second-order valence-electron chi connectivity index (χ2n) is 6.58. The summed E-state index contributed by atoms with van der Waals surface area (Å²) >= 11 is 3.47. The lowest BCUT2D eigenvalue weighted by molar-refractivity contribution is -0.112. The molecule has 3 aromatic carbocycles. The molecule has 0 saturated carbocycles. The summed E-state index contributed by atoms with van der Waals surface area (Å²) in [6.45, 7) is 0.177. The molecule has 0 aromatic heterocycles. The quantitative estimate of drug-likeness (QED) is 0.352. The minimum absolute atomic E-state index is 0.0561. The van der Waals surface area contributed by atoms with Gasteiger partial charge in [-0.1, -0.05) is 36.4 Å². The fourth-order valence-electron chi connectivity index (χ4n) is 2.90. The largest absolute Gasteiger partial charge is 0.493 e. The van der Waals surface area contributed by atoms with Crippen LogP contribution in [-0.2, 0) is 11.4 Å². The average Bonchev–Trinajstić information content (AvgIpc) is 2.82. The van der Waals surface area contributed by atoms with E-state index < -0.39 is 5.91 Å². The van der Waals surface area contributed by atoms with E-state index in [4.69, 9.17) is 9.47 Å². The molecule has 0 spiro atoms. The number of halogens is 1. The van der Waals surface area contributed by atoms with Gasteiger partial charge in [0.15, 0.2) is 11.5 Å². The van der Waals surface area contributed by atoms with Gasteiger partial charge in [0.05, 0.1) is 23.2 Å². The Kier molecular flexibility index (Phi) is 7.64. The minimum Gasteiger partial charge on any atom is -0.493 e. The summed E-state index contributed by atoms with van der Waals surface area (Å²) in [6, 6.07) is 23.5. The lowest BCUT2D eigenvalue weighted by Gasteiger charge is -2.14. The number of ether oxygens (including phenoxy) is 2. The van der Waals surface area contributed by atoms with Gasteiger partial charge >= 0.3 is 0 Å². The molecule has 0 fully saturated rings. The van der Waals surface area contributed by atoms with Gasteiger partial charge in [0.25, 0.3) is 5.91 Å². The predicted octanol–water partition coefficient (Wildman–Crippen LogP) is 5.45. The average molecular weight is 488 g/mol. The Morgan fingerprint density at radius 3 is 2.50 bits per heavy atom. The Morgan fingerprint density at radius 1 is 1.09 bits per heavy atom. The summed E-state index contributed by atoms with van der Waals surface area (Å²) in [5, 5.41) is 21.4. The van der Waals surface area contributed by atoms with E-state index in [-0.39, 0.29) is 12.2 Å². The minimum atomic E-state index is -0.512. The van der Waals surface area contributed by atoms with Crippen LogP contribution in [-0.4, -0.2) is 13.0 Å². The molecule has 6 nitrogen and oxygen atoms in total. The number of carbonyl (C=O) groups is 1. The molecule has 0 aliphatic heterocycles. The second-order valence-corrected chi connectivity index (χ2v) is 7.44. The van der Waals surface area contributed by atoms with E-state index in [1.807, 2.05) is 24.3 Å². The summed E-state index contributed by atoms with van der Waals surface area (Å²) in [5.74, 6) is 0.354. The van der Waals surface area contributed by atoms with Crippen molar-refractivity contribution in [3.63, 3.8) is 0 Å². The standard InChI is InChI=1S/C25H18BrN3O3/c1-31-23-13-17(11-20(15-28)25(30)29-21-9-3-2-4-10-21)12-22(26)24(23)32-16-19-8-6-5-7-18(19)14-27/h2-13H,16H2,1H3,(H,29,30)/b20-11-. The third kappa shape index (κ3) is 5.54. The van der Waals surface area contributed by atoms with Gasteiger partial charge in [0.1, 0.15) is 18.2 Å². The number of nitrogens with one attached hydrogen (secondary N) is 1. The highest BCUT2D eigenvalue weighted by atomic mass is 79.9. The van der Waals surface area contributed by atoms with Crippen LogP contribution in [0.4, 0.5) is 5.69 Å². The van der Waals surface area contributed by atoms with E-state index in [1.54, 1.807) is 48.5 Å². The summed E-state index contributed by atoms with van der Waals surface area (Å²) in [4.78, 5) is 12.5. The first-order chi connectivity index (χ1) is 15.5. The van der Waals surface area contributed by atoms with Gasteiger partial charge in [-0.15, -0.1) is 0 Å². The molecule has 1 amide bonds. The lowest BCUT2D eigenvalue weighted by atomic mass is 10.1. The first-order valence-electron chi connectivity index (χ1n) is 9.52. The predicted molar refractivity (Wildman–Crippen MR) is 125 cm³/mol. The number of hydrogen-bond donors (Lipinski definition) is 1. The van der Waals surface area contributed by atoms with Crippen molar-refractivity contribution >= 4 is 33.6 Å². The Bertz CT molecular complexity index is 1240. The molecule has 0 heterocycles. The Hall–Kier alpha value is -4.07. The van der Waals surface area contributed by atoms with Crippen LogP contribution in [0.15, 0.2) is 76.8 Å². The van der Waals surface area contributed by atoms with Gasteiger partial charge in [0.2, 0.25) is 0 Å². The Balaban J connectivity index is 1.84. The topological polar surface area (TPSA) is 95.1 Å². The van der Waals surface area contributed by atoms with Gasteiger partial charge < -0.3 is 14.8 Å². The molecule has 3 aromatic rings. The van der Waals surface area contributed by atoms with Crippen LogP contribution in [0.3, 0.4) is 0 Å². The van der Waals surface area contributed by atoms with E-state index in [1.165, 1.54) is 13.2 Å². The van der Waals surface area contributed by atoms with E-state index in [9.17, 15) is 15.3 Å². The molecular formula is C25H18BrN3O3. The van der Waals surface area contributed by atoms with E-state index in [2.05, 4.69) is 27.3 Å². The van der Waals surface area contributed by atoms with Crippen molar-refractivity contribution in [2.45, 2.75) is 6.61 Å². The van der Waals surface area contributed by atoms with Crippen molar-refractivity contribution in [2.75, 3.05) is 12.4 Å². The number of methoxy groups -OCH3 is 1. The fraction of sp³-hybridized carbons (Fsp3) is 0.0800. The van der Waals surface area contributed by atoms with Crippen molar-refractivity contribution in [3.8, 4) is 23.6 Å². The Labute approximate surface area is 194 Å². The molecule has 32 heavy (non-hydrogen) atoms.